The number of rotatable bonds is 18. The molecular weight excluding hydrogens is 574 g/mol. The molecule has 1 aromatic carbocycles. The molecule has 45 heavy (non-hydrogen) atoms. The van der Waals surface area contributed by atoms with Gasteiger partial charge < -0.3 is 29.7 Å². The normalized spacial score (nSPS) is 26.2. The number of allylic oxidation sites excluding steroid dienone is 1. The van der Waals surface area contributed by atoms with Gasteiger partial charge in [-0.1, -0.05) is 55.8 Å². The summed E-state index contributed by atoms with van der Waals surface area (Å²) in [6.45, 7) is 12.5. The van der Waals surface area contributed by atoms with Crippen LogP contribution in [0.5, 0.6) is 0 Å². The van der Waals surface area contributed by atoms with E-state index in [9.17, 15) is 24.3 Å². The smallest absolute Gasteiger partial charge is 0.313 e. The number of unbranched alkanes of at least 4 members (excludes halogenated alkanes) is 2. The van der Waals surface area contributed by atoms with E-state index in [-0.39, 0.29) is 37.3 Å². The Hall–Kier alpha value is -3.50. The maximum atomic E-state index is 14.3. The molecule has 0 unspecified atom stereocenters. The summed E-state index contributed by atoms with van der Waals surface area (Å²) >= 11 is 0. The first-order chi connectivity index (χ1) is 21.7. The number of nitrogens with one attached hydrogen (secondary N) is 1. The van der Waals surface area contributed by atoms with Gasteiger partial charge in [-0.3, -0.25) is 19.2 Å². The molecule has 2 bridgehead atoms. The van der Waals surface area contributed by atoms with E-state index in [1.807, 2.05) is 30.3 Å². The van der Waals surface area contributed by atoms with Crippen LogP contribution in [0.3, 0.4) is 0 Å². The van der Waals surface area contributed by atoms with E-state index in [1.54, 1.807) is 28.9 Å². The molecule has 246 valence electrons. The van der Waals surface area contributed by atoms with Crippen LogP contribution in [-0.2, 0) is 28.7 Å². The number of aliphatic hydroxyl groups excluding tert-OH is 1. The fourth-order valence-electron chi connectivity index (χ4n) is 7.24. The third-order valence-electron chi connectivity index (χ3n) is 9.35. The molecule has 3 aliphatic rings. The molecule has 10 heteroatoms. The Morgan fingerprint density at radius 2 is 1.96 bits per heavy atom. The van der Waals surface area contributed by atoms with Crippen LogP contribution in [0.4, 0.5) is 0 Å². The molecule has 7 atom stereocenters. The van der Waals surface area contributed by atoms with Gasteiger partial charge in [-0.2, -0.15) is 0 Å². The Balaban J connectivity index is 1.64. The van der Waals surface area contributed by atoms with Crippen molar-refractivity contribution in [1.82, 2.24) is 15.1 Å². The van der Waals surface area contributed by atoms with Crippen molar-refractivity contribution in [3.8, 4) is 0 Å². The highest BCUT2D eigenvalue weighted by Crippen LogP contribution is 2.59. The van der Waals surface area contributed by atoms with Gasteiger partial charge in [-0.25, -0.2) is 0 Å². The average molecular weight is 624 g/mol. The number of carbonyl (C=O) groups is 4. The molecule has 0 aliphatic carbocycles. The van der Waals surface area contributed by atoms with E-state index in [2.05, 4.69) is 25.4 Å². The van der Waals surface area contributed by atoms with Crippen LogP contribution in [0.2, 0.25) is 0 Å². The van der Waals surface area contributed by atoms with Gasteiger partial charge in [-0.15, -0.1) is 13.2 Å². The van der Waals surface area contributed by atoms with Crippen molar-refractivity contribution in [3.05, 3.63) is 61.2 Å². The Morgan fingerprint density at radius 1 is 1.20 bits per heavy atom. The van der Waals surface area contributed by atoms with Crippen LogP contribution in [0, 0.1) is 11.8 Å². The van der Waals surface area contributed by atoms with Crippen LogP contribution in [-0.4, -0.2) is 88.6 Å². The zero-order chi connectivity index (χ0) is 32.6. The summed E-state index contributed by atoms with van der Waals surface area (Å²) < 4.78 is 12.8. The van der Waals surface area contributed by atoms with Crippen LogP contribution in [0.1, 0.15) is 76.9 Å². The molecule has 1 spiro atoms. The van der Waals surface area contributed by atoms with Crippen LogP contribution in [0.15, 0.2) is 55.6 Å². The first-order valence-corrected chi connectivity index (χ1v) is 16.4. The SMILES string of the molecule is C=CCCC(=O)N[C@H](C)[C@@H](OC(=O)[C@@H]1[C@@H]2CC[C@]3(O2)[C@H](C(=O)N(CC=C)CCCC)N(CCCCO)C(=O)[C@@H]13)c1ccccc1. The van der Waals surface area contributed by atoms with Crippen molar-refractivity contribution in [1.29, 1.82) is 0 Å². The first kappa shape index (κ1) is 34.4. The molecule has 3 saturated heterocycles. The standard InChI is InChI=1S/C35H49N3O7/c1-5-8-17-27(40)36-24(4)30(25-15-11-10-12-16-25)44-34(43)28-26-18-19-35(45-26)29(28)32(41)38(22-13-14-23-39)31(35)33(42)37(20-7-3)21-9-6-2/h5,7,10-12,15-16,24,26,28-31,39H,1,3,6,8-9,13-14,17-23H2,2,4H3,(H,36,40)/t24-,26+,28-,29-,30-,31+,35-/m1/s1. The van der Waals surface area contributed by atoms with E-state index in [0.717, 1.165) is 12.8 Å². The highest BCUT2D eigenvalue weighted by atomic mass is 16.6. The maximum Gasteiger partial charge on any atom is 0.313 e. The second kappa shape index (κ2) is 15.7. The third-order valence-corrected chi connectivity index (χ3v) is 9.35. The van der Waals surface area contributed by atoms with Crippen LogP contribution >= 0.6 is 0 Å². The number of hydrogen-bond donors (Lipinski definition) is 2. The molecule has 1 aromatic rings. The molecule has 10 nitrogen and oxygen atoms in total. The number of ether oxygens (including phenoxy) is 2. The Kier molecular flexibility index (Phi) is 12.0. The van der Waals surface area contributed by atoms with Crippen LogP contribution in [0.25, 0.3) is 0 Å². The van der Waals surface area contributed by atoms with Gasteiger partial charge in [-0.05, 0) is 51.0 Å². The zero-order valence-electron chi connectivity index (χ0n) is 26.7. The fraction of sp³-hybridized carbons (Fsp3) is 0.600. The number of amides is 3. The molecule has 3 heterocycles. The lowest BCUT2D eigenvalue weighted by Gasteiger charge is -2.37. The summed E-state index contributed by atoms with van der Waals surface area (Å²) in [5.41, 5.74) is -0.422. The van der Waals surface area contributed by atoms with Crippen molar-refractivity contribution in [2.24, 2.45) is 11.8 Å². The molecule has 0 aromatic heterocycles. The van der Waals surface area contributed by atoms with Crippen molar-refractivity contribution in [3.63, 3.8) is 0 Å². The Labute approximate surface area is 266 Å². The zero-order valence-corrected chi connectivity index (χ0v) is 26.7. The summed E-state index contributed by atoms with van der Waals surface area (Å²) in [6.07, 6.45) is 6.52. The number of benzene rings is 1. The first-order valence-electron chi connectivity index (χ1n) is 16.4. The van der Waals surface area contributed by atoms with E-state index in [4.69, 9.17) is 9.47 Å². The monoisotopic (exact) mass is 623 g/mol. The quantitative estimate of drug-likeness (QED) is 0.145. The third kappa shape index (κ3) is 7.17. The van der Waals surface area contributed by atoms with E-state index >= 15 is 0 Å². The fourth-order valence-corrected chi connectivity index (χ4v) is 7.24. The highest BCUT2D eigenvalue weighted by molar-refractivity contribution is 5.98. The van der Waals surface area contributed by atoms with Crippen molar-refractivity contribution in [2.45, 2.75) is 95.1 Å². The molecule has 4 rings (SSSR count). The topological polar surface area (TPSA) is 125 Å². The van der Waals surface area contributed by atoms with Gasteiger partial charge in [0.2, 0.25) is 17.7 Å². The summed E-state index contributed by atoms with van der Waals surface area (Å²) in [5, 5.41) is 12.4. The van der Waals surface area contributed by atoms with Gasteiger partial charge in [0.25, 0.3) is 0 Å². The van der Waals surface area contributed by atoms with Crippen molar-refractivity contribution < 1.29 is 33.8 Å². The van der Waals surface area contributed by atoms with Gasteiger partial charge >= 0.3 is 5.97 Å². The maximum absolute atomic E-state index is 14.3. The molecule has 0 saturated carbocycles. The Bertz CT molecular complexity index is 1220. The minimum absolute atomic E-state index is 0.0228. The molecular formula is C35H49N3O7. The van der Waals surface area contributed by atoms with Gasteiger partial charge in [0.15, 0.2) is 0 Å². The summed E-state index contributed by atoms with van der Waals surface area (Å²) in [5.74, 6) is -2.99. The lowest BCUT2D eigenvalue weighted by atomic mass is 9.70. The summed E-state index contributed by atoms with van der Waals surface area (Å²) in [4.78, 5) is 58.5. The number of likely N-dealkylation sites (tertiary alicyclic amines) is 1. The van der Waals surface area contributed by atoms with E-state index < -0.39 is 47.7 Å². The largest absolute Gasteiger partial charge is 0.455 e. The lowest BCUT2D eigenvalue weighted by molar-refractivity contribution is -0.162. The molecule has 3 aliphatic heterocycles. The van der Waals surface area contributed by atoms with Crippen molar-refractivity contribution >= 4 is 23.7 Å². The second-order valence-corrected chi connectivity index (χ2v) is 12.4. The van der Waals surface area contributed by atoms with Crippen molar-refractivity contribution in [2.75, 3.05) is 26.2 Å². The molecule has 3 amide bonds. The predicted octanol–water partition coefficient (Wildman–Crippen LogP) is 3.70. The van der Waals surface area contributed by atoms with Gasteiger partial charge in [0, 0.05) is 32.7 Å². The number of fused-ring (bicyclic) bond motifs is 1. The summed E-state index contributed by atoms with van der Waals surface area (Å²) in [7, 11) is 0. The van der Waals surface area contributed by atoms with E-state index in [0.29, 0.717) is 50.8 Å². The predicted molar refractivity (Wildman–Crippen MR) is 170 cm³/mol. The number of hydrogen-bond acceptors (Lipinski definition) is 7. The molecule has 2 N–H and O–H groups in total. The highest BCUT2D eigenvalue weighted by Gasteiger charge is 2.75. The summed E-state index contributed by atoms with van der Waals surface area (Å²) in [6, 6.07) is 7.80. The van der Waals surface area contributed by atoms with Crippen LogP contribution < -0.4 is 5.32 Å². The molecule has 3 fully saturated rings. The average Bonchev–Trinajstić information content (AvgIpc) is 3.68. The number of nitrogens with zero attached hydrogens (tertiary/aromatic N) is 2. The van der Waals surface area contributed by atoms with E-state index in [1.165, 1.54) is 0 Å². The lowest BCUT2D eigenvalue weighted by Crippen LogP contribution is -2.56. The van der Waals surface area contributed by atoms with Gasteiger partial charge in [0.05, 0.1) is 24.0 Å². The molecule has 0 radical (unpaired) electrons. The number of esters is 1. The number of carbonyl (C=O) groups excluding carboxylic acids is 4. The number of aliphatic hydroxyl groups is 1. The minimum atomic E-state index is -1.14. The Morgan fingerprint density at radius 3 is 2.62 bits per heavy atom. The second-order valence-electron chi connectivity index (χ2n) is 12.4. The van der Waals surface area contributed by atoms with Gasteiger partial charge in [0.1, 0.15) is 17.7 Å². The minimum Gasteiger partial charge on any atom is -0.455 e.